The zero-order valence-electron chi connectivity index (χ0n) is 18.7. The highest BCUT2D eigenvalue weighted by Crippen LogP contribution is 2.53. The maximum atomic E-state index is 13.8. The summed E-state index contributed by atoms with van der Waals surface area (Å²) < 4.78 is 35.4. The maximum Gasteiger partial charge on any atom is 0.345 e. The summed E-state index contributed by atoms with van der Waals surface area (Å²) in [6, 6.07) is -0.0136. The highest BCUT2D eigenvalue weighted by atomic mass is 31.2. The second-order valence-electron chi connectivity index (χ2n) is 9.05. The lowest BCUT2D eigenvalue weighted by molar-refractivity contribution is -0.101. The van der Waals surface area contributed by atoms with Crippen LogP contribution in [0.2, 0.25) is 0 Å². The Labute approximate surface area is 173 Å². The minimum atomic E-state index is -3.21. The number of nitrogens with zero attached hydrogens (tertiary/aromatic N) is 3. The van der Waals surface area contributed by atoms with Crippen molar-refractivity contribution in [3.63, 3.8) is 0 Å². The molecule has 0 aromatic heterocycles. The fraction of sp³-hybridized carbons (Fsp3) is 1.00. The van der Waals surface area contributed by atoms with Gasteiger partial charge in [-0.3, -0.25) is 9.46 Å². The van der Waals surface area contributed by atoms with Gasteiger partial charge in [0.25, 0.3) is 0 Å². The summed E-state index contributed by atoms with van der Waals surface area (Å²) in [6.45, 7) is 13.7. The molecule has 9 heteroatoms. The van der Waals surface area contributed by atoms with E-state index < -0.39 is 13.7 Å². The van der Waals surface area contributed by atoms with Crippen LogP contribution < -0.4 is 0 Å². The first-order valence-corrected chi connectivity index (χ1v) is 12.0. The highest BCUT2D eigenvalue weighted by molar-refractivity contribution is 7.53. The molecule has 2 rings (SSSR count). The predicted molar refractivity (Wildman–Crippen MR) is 114 cm³/mol. The van der Waals surface area contributed by atoms with Crippen LogP contribution in [0.4, 0.5) is 0 Å². The third-order valence-electron chi connectivity index (χ3n) is 5.28. The summed E-state index contributed by atoms with van der Waals surface area (Å²) in [5.41, 5.74) is 0. The summed E-state index contributed by atoms with van der Waals surface area (Å²) in [4.78, 5) is 2.38. The van der Waals surface area contributed by atoms with Gasteiger partial charge in [-0.25, -0.2) is 9.34 Å². The van der Waals surface area contributed by atoms with Crippen molar-refractivity contribution in [2.24, 2.45) is 5.92 Å². The smallest absolute Gasteiger partial charge is 0.345 e. The first kappa shape index (κ1) is 24.3. The van der Waals surface area contributed by atoms with E-state index in [4.69, 9.17) is 21.8 Å². The molecular formula is C19H39BN3O4P. The molecule has 0 aromatic carbocycles. The van der Waals surface area contributed by atoms with Crippen LogP contribution in [-0.4, -0.2) is 99.3 Å². The van der Waals surface area contributed by atoms with Crippen molar-refractivity contribution in [2.45, 2.75) is 71.4 Å². The Morgan fingerprint density at radius 2 is 1.79 bits per heavy atom. The molecule has 162 valence electrons. The van der Waals surface area contributed by atoms with Gasteiger partial charge in [0.1, 0.15) is 7.85 Å². The molecule has 0 spiro atoms. The molecule has 5 unspecified atom stereocenters. The van der Waals surface area contributed by atoms with Crippen molar-refractivity contribution >= 4 is 15.5 Å². The Kier molecular flexibility index (Phi) is 9.02. The first-order chi connectivity index (χ1) is 13.0. The van der Waals surface area contributed by atoms with E-state index in [9.17, 15) is 4.57 Å². The zero-order valence-corrected chi connectivity index (χ0v) is 19.6. The fourth-order valence-electron chi connectivity index (χ4n) is 3.94. The molecule has 2 saturated heterocycles. The van der Waals surface area contributed by atoms with Crippen LogP contribution in [-0.2, 0) is 18.6 Å². The molecule has 2 heterocycles. The minimum Gasteiger partial charge on any atom is -0.382 e. The van der Waals surface area contributed by atoms with Crippen LogP contribution in [0.15, 0.2) is 0 Å². The first-order valence-electron chi connectivity index (χ1n) is 10.5. The summed E-state index contributed by atoms with van der Waals surface area (Å²) in [6.07, 6.45) is 0.879. The van der Waals surface area contributed by atoms with Crippen molar-refractivity contribution in [2.75, 3.05) is 46.9 Å². The fourth-order valence-corrected chi connectivity index (χ4v) is 5.95. The van der Waals surface area contributed by atoms with Gasteiger partial charge in [-0.15, -0.1) is 0 Å². The highest BCUT2D eigenvalue weighted by Gasteiger charge is 2.41. The molecule has 0 bridgehead atoms. The molecule has 0 aromatic rings. The average molecular weight is 415 g/mol. The third kappa shape index (κ3) is 6.53. The van der Waals surface area contributed by atoms with E-state index in [1.807, 2.05) is 4.67 Å². The molecule has 0 saturated carbocycles. The van der Waals surface area contributed by atoms with Crippen LogP contribution in [0.3, 0.4) is 0 Å². The quantitative estimate of drug-likeness (QED) is 0.446. The summed E-state index contributed by atoms with van der Waals surface area (Å²) >= 11 is 0. The van der Waals surface area contributed by atoms with Crippen LogP contribution in [0, 0.1) is 5.92 Å². The Morgan fingerprint density at radius 3 is 2.36 bits per heavy atom. The SMILES string of the molecule is [B]C1CN(P(=O)(OCC2CN(C(C)C)CC(C)O2)N(C)C)CC(CC(C)C)O1. The van der Waals surface area contributed by atoms with E-state index in [0.29, 0.717) is 31.7 Å². The largest absolute Gasteiger partial charge is 0.382 e. The lowest BCUT2D eigenvalue weighted by Crippen LogP contribution is -2.51. The number of morpholine rings is 2. The average Bonchev–Trinajstić information content (AvgIpc) is 2.57. The number of hydrogen-bond acceptors (Lipinski definition) is 5. The second kappa shape index (κ2) is 10.4. The molecule has 7 nitrogen and oxygen atoms in total. The van der Waals surface area contributed by atoms with Crippen LogP contribution in [0.1, 0.15) is 41.0 Å². The zero-order chi connectivity index (χ0) is 21.1. The minimum absolute atomic E-state index is 0.0389. The van der Waals surface area contributed by atoms with Gasteiger partial charge >= 0.3 is 7.67 Å². The molecule has 28 heavy (non-hydrogen) atoms. The van der Waals surface area contributed by atoms with Crippen LogP contribution in [0.5, 0.6) is 0 Å². The molecule has 2 aliphatic rings. The van der Waals surface area contributed by atoms with Crippen LogP contribution in [0.25, 0.3) is 0 Å². The maximum absolute atomic E-state index is 13.8. The van der Waals surface area contributed by atoms with E-state index in [0.717, 1.165) is 19.5 Å². The predicted octanol–water partition coefficient (Wildman–Crippen LogP) is 2.41. The van der Waals surface area contributed by atoms with Crippen LogP contribution >= 0.6 is 7.67 Å². The van der Waals surface area contributed by atoms with Gasteiger partial charge in [-0.2, -0.15) is 0 Å². The van der Waals surface area contributed by atoms with E-state index in [2.05, 4.69) is 39.5 Å². The molecule has 2 fully saturated rings. The Hall–Kier alpha value is 0.0549. The van der Waals surface area contributed by atoms with Crippen molar-refractivity contribution in [3.05, 3.63) is 0 Å². The second-order valence-corrected chi connectivity index (χ2v) is 11.7. The van der Waals surface area contributed by atoms with Gasteiger partial charge < -0.3 is 14.0 Å². The molecule has 0 aliphatic carbocycles. The molecule has 0 amide bonds. The van der Waals surface area contributed by atoms with E-state index in [1.54, 1.807) is 18.8 Å². The van der Waals surface area contributed by atoms with Crippen molar-refractivity contribution in [1.82, 2.24) is 14.2 Å². The number of rotatable bonds is 8. The monoisotopic (exact) mass is 415 g/mol. The van der Waals surface area contributed by atoms with Gasteiger partial charge in [0, 0.05) is 38.2 Å². The van der Waals surface area contributed by atoms with Gasteiger partial charge in [-0.05, 0) is 47.2 Å². The Bertz CT molecular complexity index is 535. The van der Waals surface area contributed by atoms with Crippen molar-refractivity contribution < 1.29 is 18.6 Å². The molecule has 0 N–H and O–H groups in total. The normalized spacial score (nSPS) is 32.9. The topological polar surface area (TPSA) is 54.5 Å². The molecule has 2 aliphatic heterocycles. The van der Waals surface area contributed by atoms with E-state index >= 15 is 0 Å². The Balaban J connectivity index is 2.05. The standard InChI is InChI=1S/C19H39BN3O4P/c1-14(2)8-17-11-23(12-19(20)27-17)28(24,21(6)7)25-13-18-10-22(15(3)4)9-16(5)26-18/h14-19H,8-13H2,1-7H3. The molecule has 2 radical (unpaired) electrons. The van der Waals surface area contributed by atoms with E-state index in [-0.39, 0.29) is 18.3 Å². The lowest BCUT2D eigenvalue weighted by Gasteiger charge is -2.44. The van der Waals surface area contributed by atoms with Crippen molar-refractivity contribution in [3.8, 4) is 0 Å². The van der Waals surface area contributed by atoms with Gasteiger partial charge in [0.2, 0.25) is 0 Å². The summed E-state index contributed by atoms with van der Waals surface area (Å²) in [5.74, 6) is 0.482. The van der Waals surface area contributed by atoms with Gasteiger partial charge in [-0.1, -0.05) is 13.8 Å². The lowest BCUT2D eigenvalue weighted by atomic mass is 9.96. The number of hydrogen-bond donors (Lipinski definition) is 0. The Morgan fingerprint density at radius 1 is 1.11 bits per heavy atom. The van der Waals surface area contributed by atoms with E-state index in [1.165, 1.54) is 0 Å². The number of ether oxygens (including phenoxy) is 2. The third-order valence-corrected chi connectivity index (χ3v) is 7.82. The molecule has 5 atom stereocenters. The van der Waals surface area contributed by atoms with Gasteiger partial charge in [0.05, 0.1) is 24.9 Å². The summed E-state index contributed by atoms with van der Waals surface area (Å²) in [5, 5.41) is 0. The van der Waals surface area contributed by atoms with Gasteiger partial charge in [0.15, 0.2) is 0 Å². The van der Waals surface area contributed by atoms with Crippen molar-refractivity contribution in [1.29, 1.82) is 0 Å². The summed E-state index contributed by atoms with van der Waals surface area (Å²) in [7, 11) is 6.49. The molecular weight excluding hydrogens is 376 g/mol.